The zero-order chi connectivity index (χ0) is 47.3. The summed E-state index contributed by atoms with van der Waals surface area (Å²) in [6.45, 7) is 8.69. The second kappa shape index (κ2) is 17.9. The van der Waals surface area contributed by atoms with E-state index >= 15 is 0 Å². The Bertz CT molecular complexity index is 3480. The van der Waals surface area contributed by atoms with Crippen molar-refractivity contribution in [1.82, 2.24) is 80.0 Å². The Labute approximate surface area is 400 Å². The summed E-state index contributed by atoms with van der Waals surface area (Å²) in [5, 5.41) is 16.8. The van der Waals surface area contributed by atoms with Crippen molar-refractivity contribution < 1.29 is 8.78 Å². The lowest BCUT2D eigenvalue weighted by Gasteiger charge is -2.34. The Hall–Kier alpha value is -7.81. The fourth-order valence-electron chi connectivity index (χ4n) is 9.73. The molecule has 10 aromatic rings. The molecule has 18 nitrogen and oxygen atoms in total. The van der Waals surface area contributed by atoms with E-state index in [-0.39, 0.29) is 13.0 Å². The highest BCUT2D eigenvalue weighted by Crippen LogP contribution is 2.35. The molecule has 354 valence electrons. The van der Waals surface area contributed by atoms with Crippen molar-refractivity contribution in [2.45, 2.75) is 18.9 Å². The Balaban J connectivity index is 0.000000148. The lowest BCUT2D eigenvalue weighted by atomic mass is 10.1. The van der Waals surface area contributed by atoms with Gasteiger partial charge in [0.15, 0.2) is 22.9 Å². The Morgan fingerprint density at radius 1 is 0.571 bits per heavy atom. The van der Waals surface area contributed by atoms with Crippen LogP contribution in [0.15, 0.2) is 98.1 Å². The van der Waals surface area contributed by atoms with Crippen LogP contribution >= 0.6 is 0 Å². The fourth-order valence-corrected chi connectivity index (χ4v) is 9.73. The predicted molar refractivity (Wildman–Crippen MR) is 266 cm³/mol. The summed E-state index contributed by atoms with van der Waals surface area (Å²) in [6, 6.07) is 18.6. The smallest absolute Gasteiger partial charge is 0.261 e. The number of imidazole rings is 2. The number of pyridine rings is 3. The molecule has 3 fully saturated rings. The molecule has 70 heavy (non-hydrogen) atoms. The van der Waals surface area contributed by atoms with Gasteiger partial charge in [-0.3, -0.25) is 20.1 Å². The topological polar surface area (TPSA) is 195 Å². The number of para-hydroxylation sites is 2. The van der Waals surface area contributed by atoms with Gasteiger partial charge >= 0.3 is 0 Å². The lowest BCUT2D eigenvalue weighted by Crippen LogP contribution is -2.44. The van der Waals surface area contributed by atoms with E-state index in [1.165, 1.54) is 6.33 Å². The Morgan fingerprint density at radius 2 is 1.09 bits per heavy atom. The number of fused-ring (bicyclic) bond motifs is 4. The summed E-state index contributed by atoms with van der Waals surface area (Å²) in [7, 11) is 4.31. The molecule has 8 aromatic heterocycles. The van der Waals surface area contributed by atoms with Gasteiger partial charge in [0.2, 0.25) is 0 Å². The number of aromatic nitrogens is 13. The highest BCUT2D eigenvalue weighted by Gasteiger charge is 2.38. The van der Waals surface area contributed by atoms with E-state index in [9.17, 15) is 8.78 Å². The SMILES string of the molecule is CN1CCN(c2cccc3[nH]c(-c4[nH]nc5ncc(-c6cncc(CN7CCC(F)(F)C7)c6)cc45)nc23)CC1.CN1CCN(c2cccc3[nH]c(-c4[nH]nc5ncc(-c6cncnc6)cc45)nc23)CC1. The number of likely N-dealkylation sites (N-methyl/N-ethyl adjacent to an activating group) is 2. The molecule has 0 atom stereocenters. The number of aromatic amines is 4. The number of likely N-dealkylation sites (tertiary alicyclic amines) is 1. The molecule has 0 spiro atoms. The third-order valence-corrected chi connectivity index (χ3v) is 13.6. The van der Waals surface area contributed by atoms with Crippen LogP contribution in [-0.4, -0.2) is 165 Å². The quantitative estimate of drug-likeness (QED) is 0.123. The molecule has 0 aliphatic carbocycles. The highest BCUT2D eigenvalue weighted by atomic mass is 19.3. The van der Waals surface area contributed by atoms with Gasteiger partial charge in [-0.05, 0) is 62.1 Å². The number of rotatable bonds is 8. The van der Waals surface area contributed by atoms with Gasteiger partial charge in [-0.1, -0.05) is 12.1 Å². The number of nitrogens with one attached hydrogen (secondary N) is 4. The molecule has 13 rings (SSSR count). The first-order valence-corrected chi connectivity index (χ1v) is 23.5. The molecular formula is C50H50F2N18. The minimum absolute atomic E-state index is 0.0946. The van der Waals surface area contributed by atoms with Crippen LogP contribution in [0.4, 0.5) is 20.2 Å². The van der Waals surface area contributed by atoms with Crippen LogP contribution in [0.1, 0.15) is 12.0 Å². The van der Waals surface area contributed by atoms with Gasteiger partial charge in [0.05, 0.1) is 39.7 Å². The summed E-state index contributed by atoms with van der Waals surface area (Å²) < 4.78 is 27.3. The molecule has 0 unspecified atom stereocenters. The lowest BCUT2D eigenvalue weighted by molar-refractivity contribution is 0.0115. The first-order chi connectivity index (χ1) is 34.2. The molecule has 2 aromatic carbocycles. The number of piperazine rings is 2. The molecule has 4 N–H and O–H groups in total. The Morgan fingerprint density at radius 3 is 1.61 bits per heavy atom. The first-order valence-electron chi connectivity index (χ1n) is 23.5. The number of benzene rings is 2. The van der Waals surface area contributed by atoms with Gasteiger partial charge in [-0.25, -0.2) is 38.7 Å². The normalized spacial score (nSPS) is 17.0. The molecule has 3 aliphatic rings. The van der Waals surface area contributed by atoms with Crippen LogP contribution < -0.4 is 9.80 Å². The number of alkyl halides is 2. The van der Waals surface area contributed by atoms with Gasteiger partial charge in [0.1, 0.15) is 28.7 Å². The number of hydrogen-bond acceptors (Lipinski definition) is 14. The minimum atomic E-state index is -2.61. The average molecular weight is 941 g/mol. The average Bonchev–Trinajstić information content (AvgIpc) is 4.24. The van der Waals surface area contributed by atoms with E-state index in [1.54, 1.807) is 42.1 Å². The maximum atomic E-state index is 13.6. The predicted octanol–water partition coefficient (Wildman–Crippen LogP) is 6.87. The van der Waals surface area contributed by atoms with Crippen molar-refractivity contribution in [2.24, 2.45) is 0 Å². The van der Waals surface area contributed by atoms with Crippen molar-refractivity contribution in [3.05, 3.63) is 104 Å². The second-order valence-electron chi connectivity index (χ2n) is 18.5. The van der Waals surface area contributed by atoms with E-state index in [1.807, 2.05) is 18.2 Å². The van der Waals surface area contributed by atoms with Gasteiger partial charge in [-0.15, -0.1) is 0 Å². The van der Waals surface area contributed by atoms with Gasteiger partial charge in [-0.2, -0.15) is 10.2 Å². The van der Waals surface area contributed by atoms with Crippen LogP contribution in [0.2, 0.25) is 0 Å². The second-order valence-corrected chi connectivity index (χ2v) is 18.5. The van der Waals surface area contributed by atoms with Crippen molar-refractivity contribution in [3.63, 3.8) is 0 Å². The van der Waals surface area contributed by atoms with Crippen LogP contribution in [0.3, 0.4) is 0 Å². The maximum Gasteiger partial charge on any atom is 0.261 e. The minimum Gasteiger partial charge on any atom is -0.367 e. The molecule has 3 saturated heterocycles. The summed E-state index contributed by atoms with van der Waals surface area (Å²) >= 11 is 0. The molecule has 11 heterocycles. The summed E-state index contributed by atoms with van der Waals surface area (Å²) in [6.07, 6.45) is 12.0. The van der Waals surface area contributed by atoms with E-state index < -0.39 is 5.92 Å². The third-order valence-electron chi connectivity index (χ3n) is 13.6. The first kappa shape index (κ1) is 43.5. The maximum absolute atomic E-state index is 13.6. The molecule has 0 bridgehead atoms. The zero-order valence-electron chi connectivity index (χ0n) is 38.7. The van der Waals surface area contributed by atoms with Crippen molar-refractivity contribution >= 4 is 55.5 Å². The number of anilines is 2. The van der Waals surface area contributed by atoms with Crippen molar-refractivity contribution in [2.75, 3.05) is 89.3 Å². The number of H-pyrrole nitrogens is 4. The largest absolute Gasteiger partial charge is 0.367 e. The van der Waals surface area contributed by atoms with E-state index in [0.717, 1.165) is 142 Å². The van der Waals surface area contributed by atoms with Crippen LogP contribution in [0.25, 0.3) is 89.4 Å². The number of halogens is 2. The highest BCUT2D eigenvalue weighted by molar-refractivity contribution is 5.97. The molecule has 0 saturated carbocycles. The number of nitrogens with zero attached hydrogens (tertiary/aromatic N) is 14. The Kier molecular flexibility index (Phi) is 11.1. The van der Waals surface area contributed by atoms with Crippen LogP contribution in [0.5, 0.6) is 0 Å². The molecule has 0 amide bonds. The van der Waals surface area contributed by atoms with E-state index in [4.69, 9.17) is 9.97 Å². The van der Waals surface area contributed by atoms with Crippen LogP contribution in [-0.2, 0) is 6.54 Å². The zero-order valence-corrected chi connectivity index (χ0v) is 38.7. The van der Waals surface area contributed by atoms with Crippen molar-refractivity contribution in [1.29, 1.82) is 0 Å². The molecular weight excluding hydrogens is 891 g/mol. The molecule has 3 aliphatic heterocycles. The monoisotopic (exact) mass is 940 g/mol. The fraction of sp³-hybridized carbons (Fsp3) is 0.300. The van der Waals surface area contributed by atoms with E-state index in [0.29, 0.717) is 30.2 Å². The standard InChI is InChI=1S/C28H29F2N9.C22H21N9/c1-37-7-9-39(10-8-37)23-4-2-3-22-25(23)34-27(33-22)24-21-12-20(15-32-26(21)36-35-24)19-11-18(13-31-14-19)16-38-6-5-28(29,30)17-38;1-30-5-7-31(8-6-30)18-4-2-3-17-20(18)27-22(26-17)19-16-9-14(12-25-21(16)29-28-19)15-10-23-13-24-11-15/h2-4,11-15H,5-10,16-17H2,1H3,(H,33,34)(H,32,35,36);2-4,9-13H,5-8H2,1H3,(H,26,27)(H,25,28,29). The summed E-state index contributed by atoms with van der Waals surface area (Å²) in [5.41, 5.74) is 13.5. The summed E-state index contributed by atoms with van der Waals surface area (Å²) in [5.74, 6) is -1.16. The molecule has 0 radical (unpaired) electrons. The van der Waals surface area contributed by atoms with Gasteiger partial charge in [0.25, 0.3) is 5.92 Å². The van der Waals surface area contributed by atoms with Gasteiger partial charge in [0, 0.05) is 131 Å². The molecule has 20 heteroatoms. The third kappa shape index (κ3) is 8.53. The van der Waals surface area contributed by atoms with Crippen LogP contribution in [0, 0.1) is 0 Å². The number of hydrogen-bond donors (Lipinski definition) is 4. The van der Waals surface area contributed by atoms with E-state index in [2.05, 4.69) is 125 Å². The summed E-state index contributed by atoms with van der Waals surface area (Å²) in [4.78, 5) is 49.8. The van der Waals surface area contributed by atoms with Gasteiger partial charge < -0.3 is 29.6 Å². The van der Waals surface area contributed by atoms with Crippen molar-refractivity contribution in [3.8, 4) is 45.3 Å².